The van der Waals surface area contributed by atoms with Crippen molar-refractivity contribution in [3.8, 4) is 22.5 Å². The molecule has 2 heterocycles. The number of pyridine rings is 1. The van der Waals surface area contributed by atoms with Crippen LogP contribution in [0.5, 0.6) is 0 Å². The Kier molecular flexibility index (Phi) is 7.20. The van der Waals surface area contributed by atoms with Crippen molar-refractivity contribution < 1.29 is 31.1 Å². The Morgan fingerprint density at radius 2 is 1.58 bits per heavy atom. The van der Waals surface area contributed by atoms with E-state index in [2.05, 4.69) is 9.97 Å². The molecule has 4 aromatic rings. The number of aromatic nitrogens is 2. The van der Waals surface area contributed by atoms with Crippen molar-refractivity contribution in [2.24, 2.45) is 0 Å². The Balaban J connectivity index is 1.74. The molecule has 2 aromatic heterocycles. The molecular weight excluding hydrogens is 530 g/mol. The number of amides is 1. The number of benzene rings is 2. The number of nitrogens with zero attached hydrogens (tertiary/aromatic N) is 3. The smallest absolute Gasteiger partial charge is 0.375 e. The van der Waals surface area contributed by atoms with Gasteiger partial charge in [-0.05, 0) is 53.4 Å². The lowest BCUT2D eigenvalue weighted by Crippen LogP contribution is -2.27. The first-order chi connectivity index (χ1) is 17.7. The Morgan fingerprint density at radius 1 is 0.947 bits per heavy atom. The molecule has 0 saturated heterocycles. The highest BCUT2D eigenvalue weighted by atomic mass is 32.1. The fourth-order valence-corrected chi connectivity index (χ4v) is 4.49. The topological polar surface area (TPSA) is 72.1 Å². The normalized spacial score (nSPS) is 12.0. The van der Waals surface area contributed by atoms with Crippen LogP contribution in [0, 0.1) is 6.92 Å². The third kappa shape index (κ3) is 5.80. The van der Waals surface area contributed by atoms with Crippen molar-refractivity contribution in [1.29, 1.82) is 0 Å². The quantitative estimate of drug-likeness (QED) is 0.270. The third-order valence-electron chi connectivity index (χ3n) is 5.77. The zero-order chi connectivity index (χ0) is 27.8. The van der Waals surface area contributed by atoms with Crippen molar-refractivity contribution in [2.45, 2.75) is 25.8 Å². The van der Waals surface area contributed by atoms with Gasteiger partial charge in [-0.15, -0.1) is 11.3 Å². The van der Waals surface area contributed by atoms with Crippen LogP contribution in [-0.4, -0.2) is 27.8 Å². The van der Waals surface area contributed by atoms with Gasteiger partial charge in [0.1, 0.15) is 5.69 Å². The minimum Gasteiger partial charge on any atom is -0.375 e. The van der Waals surface area contributed by atoms with Gasteiger partial charge in [-0.25, -0.2) is 4.98 Å². The highest BCUT2D eigenvalue weighted by Crippen LogP contribution is 2.37. The van der Waals surface area contributed by atoms with Crippen LogP contribution in [0.4, 0.5) is 31.5 Å². The molecule has 0 aliphatic heterocycles. The van der Waals surface area contributed by atoms with Crippen LogP contribution in [0.2, 0.25) is 0 Å². The van der Waals surface area contributed by atoms with Crippen LogP contribution in [0.1, 0.15) is 32.6 Å². The first kappa shape index (κ1) is 27.1. The van der Waals surface area contributed by atoms with Crippen molar-refractivity contribution in [3.63, 3.8) is 0 Å². The molecular formula is C26H20F6N4OS. The second-order valence-electron chi connectivity index (χ2n) is 8.58. The van der Waals surface area contributed by atoms with E-state index in [1.807, 2.05) is 19.1 Å². The molecule has 0 bridgehead atoms. The van der Waals surface area contributed by atoms with E-state index in [1.165, 1.54) is 24.6 Å². The molecule has 0 unspecified atom stereocenters. The maximum Gasteiger partial charge on any atom is 0.416 e. The van der Waals surface area contributed by atoms with Crippen LogP contribution >= 0.6 is 11.3 Å². The van der Waals surface area contributed by atoms with Crippen LogP contribution in [0.3, 0.4) is 0 Å². The number of aryl methyl sites for hydroxylation is 1. The fourth-order valence-electron chi connectivity index (χ4n) is 3.93. The number of carbonyl (C=O) groups excluding carboxylic acids is 1. The number of nitrogen functional groups attached to an aromatic ring is 1. The SMILES string of the molecule is Cc1ccccc1-c1cc(-c2csc(N)n2)ncc1C(=O)N(C)Cc1cc(C(F)(F)F)cc(C(F)(F)F)c1. The summed E-state index contributed by atoms with van der Waals surface area (Å²) in [6, 6.07) is 10.2. The van der Waals surface area contributed by atoms with Crippen molar-refractivity contribution in [1.82, 2.24) is 14.9 Å². The highest BCUT2D eigenvalue weighted by molar-refractivity contribution is 7.13. The first-order valence-corrected chi connectivity index (χ1v) is 11.9. The van der Waals surface area contributed by atoms with Gasteiger partial charge in [-0.1, -0.05) is 24.3 Å². The summed E-state index contributed by atoms with van der Waals surface area (Å²) in [5, 5.41) is 2.04. The largest absolute Gasteiger partial charge is 0.416 e. The van der Waals surface area contributed by atoms with E-state index < -0.39 is 35.9 Å². The van der Waals surface area contributed by atoms with E-state index in [-0.39, 0.29) is 17.2 Å². The van der Waals surface area contributed by atoms with E-state index in [1.54, 1.807) is 23.6 Å². The summed E-state index contributed by atoms with van der Waals surface area (Å²) in [5.41, 5.74) is 5.62. The summed E-state index contributed by atoms with van der Waals surface area (Å²) < 4.78 is 79.7. The Hall–Kier alpha value is -3.93. The lowest BCUT2D eigenvalue weighted by Gasteiger charge is -2.21. The molecule has 0 aliphatic carbocycles. The molecule has 0 aliphatic rings. The van der Waals surface area contributed by atoms with E-state index in [0.717, 1.165) is 10.5 Å². The molecule has 198 valence electrons. The summed E-state index contributed by atoms with van der Waals surface area (Å²) in [6.07, 6.45) is -8.66. The van der Waals surface area contributed by atoms with Crippen LogP contribution in [-0.2, 0) is 18.9 Å². The maximum atomic E-state index is 13.5. The minimum absolute atomic E-state index is 0.0511. The Bertz CT molecular complexity index is 1460. The van der Waals surface area contributed by atoms with Gasteiger partial charge in [0.25, 0.3) is 5.91 Å². The van der Waals surface area contributed by atoms with E-state index in [9.17, 15) is 31.1 Å². The number of anilines is 1. The summed E-state index contributed by atoms with van der Waals surface area (Å²) in [5.74, 6) is -0.633. The molecule has 5 nitrogen and oxygen atoms in total. The van der Waals surface area contributed by atoms with Gasteiger partial charge < -0.3 is 10.6 Å². The van der Waals surface area contributed by atoms with Gasteiger partial charge in [0.15, 0.2) is 5.13 Å². The lowest BCUT2D eigenvalue weighted by atomic mass is 9.95. The number of rotatable bonds is 5. The minimum atomic E-state index is -4.99. The number of carbonyl (C=O) groups is 1. The van der Waals surface area contributed by atoms with Crippen molar-refractivity contribution in [2.75, 3.05) is 12.8 Å². The van der Waals surface area contributed by atoms with Gasteiger partial charge >= 0.3 is 12.4 Å². The molecule has 0 spiro atoms. The first-order valence-electron chi connectivity index (χ1n) is 11.1. The molecule has 12 heteroatoms. The highest BCUT2D eigenvalue weighted by Gasteiger charge is 2.37. The van der Waals surface area contributed by atoms with E-state index in [0.29, 0.717) is 39.8 Å². The molecule has 0 fully saturated rings. The summed E-state index contributed by atoms with van der Waals surface area (Å²) >= 11 is 1.22. The predicted molar refractivity (Wildman–Crippen MR) is 132 cm³/mol. The monoisotopic (exact) mass is 550 g/mol. The molecule has 1 amide bonds. The molecule has 2 aromatic carbocycles. The number of hydrogen-bond donors (Lipinski definition) is 1. The van der Waals surface area contributed by atoms with Gasteiger partial charge in [0.05, 0.1) is 22.4 Å². The third-order valence-corrected chi connectivity index (χ3v) is 6.44. The summed E-state index contributed by atoms with van der Waals surface area (Å²) in [7, 11) is 1.30. The number of halogens is 6. The molecule has 0 radical (unpaired) electrons. The second-order valence-corrected chi connectivity index (χ2v) is 9.47. The fraction of sp³-hybridized carbons (Fsp3) is 0.192. The number of hydrogen-bond acceptors (Lipinski definition) is 5. The van der Waals surface area contributed by atoms with Crippen LogP contribution in [0.15, 0.2) is 60.1 Å². The van der Waals surface area contributed by atoms with Crippen molar-refractivity contribution in [3.05, 3.63) is 87.9 Å². The van der Waals surface area contributed by atoms with E-state index >= 15 is 0 Å². The van der Waals surface area contributed by atoms with Crippen LogP contribution in [0.25, 0.3) is 22.5 Å². The van der Waals surface area contributed by atoms with Gasteiger partial charge in [0.2, 0.25) is 0 Å². The van der Waals surface area contributed by atoms with Gasteiger partial charge in [-0.3, -0.25) is 9.78 Å². The van der Waals surface area contributed by atoms with Crippen LogP contribution < -0.4 is 5.73 Å². The molecule has 0 saturated carbocycles. The Labute approximate surface area is 217 Å². The molecule has 0 atom stereocenters. The standard InChI is InChI=1S/C26H20F6N4OS/c1-14-5-3-4-6-18(14)19-10-21(22-13-38-24(33)35-22)34-11-20(19)23(37)36(2)12-15-7-16(25(27,28)29)9-17(8-15)26(30,31)32/h3-11,13H,12H2,1-2H3,(H2,33,35). The molecule has 38 heavy (non-hydrogen) atoms. The Morgan fingerprint density at radius 3 is 2.13 bits per heavy atom. The average molecular weight is 551 g/mol. The lowest BCUT2D eigenvalue weighted by molar-refractivity contribution is -0.143. The van der Waals surface area contributed by atoms with E-state index in [4.69, 9.17) is 5.73 Å². The molecule has 4 rings (SSSR count). The molecule has 2 N–H and O–H groups in total. The number of thiazole rings is 1. The number of alkyl halides is 6. The van der Waals surface area contributed by atoms with Gasteiger partial charge in [0, 0.05) is 25.2 Å². The zero-order valence-corrected chi connectivity index (χ0v) is 20.8. The summed E-state index contributed by atoms with van der Waals surface area (Å²) in [6.45, 7) is 1.35. The summed E-state index contributed by atoms with van der Waals surface area (Å²) in [4.78, 5) is 23.1. The average Bonchev–Trinajstić information content (AvgIpc) is 3.28. The van der Waals surface area contributed by atoms with Gasteiger partial charge in [-0.2, -0.15) is 26.3 Å². The second kappa shape index (κ2) is 10.1. The predicted octanol–water partition coefficient (Wildman–Crippen LogP) is 7.07. The maximum absolute atomic E-state index is 13.5. The van der Waals surface area contributed by atoms with Crippen molar-refractivity contribution >= 4 is 22.4 Å². The zero-order valence-electron chi connectivity index (χ0n) is 20.0. The number of nitrogens with two attached hydrogens (primary N) is 1.